The third kappa shape index (κ3) is 3.65. The number of rotatable bonds is 4. The van der Waals surface area contributed by atoms with Gasteiger partial charge >= 0.3 is 0 Å². The van der Waals surface area contributed by atoms with Crippen LogP contribution in [0.15, 0.2) is 72.8 Å². The zero-order valence-electron chi connectivity index (χ0n) is 16.2. The fraction of sp³-hybridized carbons (Fsp3) is 0.130. The third-order valence-electron chi connectivity index (χ3n) is 4.81. The molecule has 1 atom stereocenters. The fourth-order valence-electron chi connectivity index (χ4n) is 3.44. The highest BCUT2D eigenvalue weighted by Gasteiger charge is 2.34. The normalized spacial score (nSPS) is 15.3. The van der Waals surface area contributed by atoms with Crippen molar-refractivity contribution in [2.24, 2.45) is 0 Å². The molecule has 0 saturated heterocycles. The largest absolute Gasteiger partial charge is 0.497 e. The molecule has 0 saturated carbocycles. The minimum atomic E-state index is -0.543. The molecule has 4 rings (SSSR count). The first-order chi connectivity index (χ1) is 14.1. The van der Waals surface area contributed by atoms with Gasteiger partial charge in [0.05, 0.1) is 18.5 Å². The molecular formula is C23H21N3O3. The molecule has 3 aromatic rings. The molecule has 0 radical (unpaired) electrons. The van der Waals surface area contributed by atoms with E-state index in [1.807, 2.05) is 60.7 Å². The molecular weight excluding hydrogens is 366 g/mol. The molecule has 0 fully saturated rings. The van der Waals surface area contributed by atoms with Gasteiger partial charge in [0.1, 0.15) is 11.8 Å². The van der Waals surface area contributed by atoms with E-state index in [0.717, 1.165) is 28.4 Å². The smallest absolute Gasteiger partial charge is 0.258 e. The third-order valence-corrected chi connectivity index (χ3v) is 4.81. The Morgan fingerprint density at radius 3 is 2.34 bits per heavy atom. The topological polar surface area (TPSA) is 70.7 Å². The average molecular weight is 387 g/mol. The molecule has 3 aromatic carbocycles. The predicted octanol–water partition coefficient (Wildman–Crippen LogP) is 4.49. The molecule has 2 amide bonds. The van der Waals surface area contributed by atoms with Crippen molar-refractivity contribution in [2.75, 3.05) is 22.6 Å². The van der Waals surface area contributed by atoms with E-state index in [-0.39, 0.29) is 11.8 Å². The first-order valence-corrected chi connectivity index (χ1v) is 9.28. The molecule has 0 bridgehead atoms. The number of hydrogen-bond acceptors (Lipinski definition) is 4. The van der Waals surface area contributed by atoms with Crippen LogP contribution in [0.4, 0.5) is 22.7 Å². The number of methoxy groups -OCH3 is 1. The summed E-state index contributed by atoms with van der Waals surface area (Å²) < 4.78 is 5.24. The van der Waals surface area contributed by atoms with E-state index in [1.165, 1.54) is 6.92 Å². The zero-order valence-corrected chi connectivity index (χ0v) is 16.2. The number of carbonyl (C=O) groups excluding carboxylic acids is 2. The minimum absolute atomic E-state index is 0.0823. The molecule has 146 valence electrons. The molecule has 6 heteroatoms. The lowest BCUT2D eigenvalue weighted by Crippen LogP contribution is -2.39. The number of para-hydroxylation sites is 2. The molecule has 2 N–H and O–H groups in total. The van der Waals surface area contributed by atoms with Gasteiger partial charge in [0.15, 0.2) is 0 Å². The van der Waals surface area contributed by atoms with Crippen LogP contribution in [-0.2, 0) is 9.59 Å². The van der Waals surface area contributed by atoms with Gasteiger partial charge in [-0.1, -0.05) is 24.3 Å². The van der Waals surface area contributed by atoms with Gasteiger partial charge in [0.25, 0.3) is 5.91 Å². The SMILES string of the molecule is COc1ccc(N2C(=O)C(c3ccc(NC(C)=O)cc3)Nc3ccccc32)cc1. The Kier molecular flexibility index (Phi) is 4.91. The van der Waals surface area contributed by atoms with E-state index in [2.05, 4.69) is 10.6 Å². The lowest BCUT2D eigenvalue weighted by atomic mass is 10.00. The summed E-state index contributed by atoms with van der Waals surface area (Å²) in [5.74, 6) is 0.514. The summed E-state index contributed by atoms with van der Waals surface area (Å²) in [4.78, 5) is 26.4. The van der Waals surface area contributed by atoms with Crippen molar-refractivity contribution in [3.8, 4) is 5.75 Å². The molecule has 1 aliphatic heterocycles. The summed E-state index contributed by atoms with van der Waals surface area (Å²) >= 11 is 0. The maximum atomic E-state index is 13.5. The number of hydrogen-bond donors (Lipinski definition) is 2. The van der Waals surface area contributed by atoms with Crippen LogP contribution < -0.4 is 20.3 Å². The van der Waals surface area contributed by atoms with E-state index in [9.17, 15) is 9.59 Å². The number of nitrogens with zero attached hydrogens (tertiary/aromatic N) is 1. The van der Waals surface area contributed by atoms with Crippen LogP contribution >= 0.6 is 0 Å². The van der Waals surface area contributed by atoms with E-state index in [1.54, 1.807) is 24.1 Å². The Morgan fingerprint density at radius 1 is 1.00 bits per heavy atom. The number of ether oxygens (including phenoxy) is 1. The van der Waals surface area contributed by atoms with Gasteiger partial charge in [-0.25, -0.2) is 0 Å². The van der Waals surface area contributed by atoms with Crippen LogP contribution in [0.2, 0.25) is 0 Å². The van der Waals surface area contributed by atoms with Crippen molar-refractivity contribution in [3.05, 3.63) is 78.4 Å². The summed E-state index contributed by atoms with van der Waals surface area (Å²) in [6.07, 6.45) is 0. The molecule has 0 spiro atoms. The van der Waals surface area contributed by atoms with Crippen LogP contribution in [0.5, 0.6) is 5.75 Å². The molecule has 1 aliphatic rings. The quantitative estimate of drug-likeness (QED) is 0.692. The van der Waals surface area contributed by atoms with Gasteiger partial charge in [-0.2, -0.15) is 0 Å². The van der Waals surface area contributed by atoms with Crippen molar-refractivity contribution in [2.45, 2.75) is 13.0 Å². The minimum Gasteiger partial charge on any atom is -0.497 e. The lowest BCUT2D eigenvalue weighted by Gasteiger charge is -2.35. The Bertz CT molecular complexity index is 1050. The van der Waals surface area contributed by atoms with Crippen molar-refractivity contribution in [1.29, 1.82) is 0 Å². The van der Waals surface area contributed by atoms with Crippen molar-refractivity contribution in [3.63, 3.8) is 0 Å². The Balaban J connectivity index is 1.72. The monoisotopic (exact) mass is 387 g/mol. The summed E-state index contributed by atoms with van der Waals surface area (Å²) in [6.45, 7) is 1.46. The second kappa shape index (κ2) is 7.67. The highest BCUT2D eigenvalue weighted by Crippen LogP contribution is 2.41. The maximum Gasteiger partial charge on any atom is 0.258 e. The maximum absolute atomic E-state index is 13.5. The summed E-state index contributed by atoms with van der Waals surface area (Å²) in [7, 11) is 1.61. The molecule has 29 heavy (non-hydrogen) atoms. The summed E-state index contributed by atoms with van der Waals surface area (Å²) in [5.41, 5.74) is 3.95. The molecule has 6 nitrogen and oxygen atoms in total. The van der Waals surface area contributed by atoms with E-state index >= 15 is 0 Å². The van der Waals surface area contributed by atoms with Crippen LogP contribution in [0.1, 0.15) is 18.5 Å². The molecule has 0 aromatic heterocycles. The first-order valence-electron chi connectivity index (χ1n) is 9.28. The highest BCUT2D eigenvalue weighted by molar-refractivity contribution is 6.10. The van der Waals surface area contributed by atoms with Gasteiger partial charge in [0, 0.05) is 18.3 Å². The van der Waals surface area contributed by atoms with Crippen LogP contribution in [-0.4, -0.2) is 18.9 Å². The predicted molar refractivity (Wildman–Crippen MR) is 114 cm³/mol. The molecule has 1 heterocycles. The van der Waals surface area contributed by atoms with Crippen LogP contribution in [0, 0.1) is 0 Å². The summed E-state index contributed by atoms with van der Waals surface area (Å²) in [6, 6.07) is 21.9. The van der Waals surface area contributed by atoms with Crippen LogP contribution in [0.3, 0.4) is 0 Å². The average Bonchev–Trinajstić information content (AvgIpc) is 2.74. The number of fused-ring (bicyclic) bond motifs is 1. The van der Waals surface area contributed by atoms with E-state index in [4.69, 9.17) is 4.74 Å². The Hall–Kier alpha value is -3.80. The van der Waals surface area contributed by atoms with Gasteiger partial charge in [0.2, 0.25) is 5.91 Å². The van der Waals surface area contributed by atoms with Crippen molar-refractivity contribution < 1.29 is 14.3 Å². The second-order valence-corrected chi connectivity index (χ2v) is 6.77. The number of anilines is 4. The van der Waals surface area contributed by atoms with E-state index < -0.39 is 6.04 Å². The van der Waals surface area contributed by atoms with Gasteiger partial charge < -0.3 is 15.4 Å². The number of benzene rings is 3. The first kappa shape index (κ1) is 18.6. The van der Waals surface area contributed by atoms with Crippen molar-refractivity contribution in [1.82, 2.24) is 0 Å². The molecule has 1 unspecified atom stereocenters. The van der Waals surface area contributed by atoms with Crippen LogP contribution in [0.25, 0.3) is 0 Å². The van der Waals surface area contributed by atoms with E-state index in [0.29, 0.717) is 5.69 Å². The standard InChI is InChI=1S/C23H21N3O3/c1-15(27)24-17-9-7-16(8-10-17)22-23(28)26(18-11-13-19(29-2)14-12-18)21-6-4-3-5-20(21)25-22/h3-14,22,25H,1-2H3,(H,24,27). The number of amides is 2. The number of carbonyl (C=O) groups is 2. The van der Waals surface area contributed by atoms with Gasteiger partial charge in [-0.15, -0.1) is 0 Å². The summed E-state index contributed by atoms with van der Waals surface area (Å²) in [5, 5.41) is 6.08. The zero-order chi connectivity index (χ0) is 20.4. The highest BCUT2D eigenvalue weighted by atomic mass is 16.5. The molecule has 0 aliphatic carbocycles. The Labute approximate surface area is 169 Å². The fourth-order valence-corrected chi connectivity index (χ4v) is 3.44. The Morgan fingerprint density at radius 2 is 1.69 bits per heavy atom. The van der Waals surface area contributed by atoms with Gasteiger partial charge in [-0.3, -0.25) is 14.5 Å². The van der Waals surface area contributed by atoms with Crippen molar-refractivity contribution >= 4 is 34.6 Å². The lowest BCUT2D eigenvalue weighted by molar-refractivity contribution is -0.119. The number of nitrogens with one attached hydrogen (secondary N) is 2. The second-order valence-electron chi connectivity index (χ2n) is 6.77. The van der Waals surface area contributed by atoms with Gasteiger partial charge in [-0.05, 0) is 54.1 Å².